The van der Waals surface area contributed by atoms with Crippen molar-refractivity contribution in [1.82, 2.24) is 0 Å². The average molecular weight is 374 g/mol. The molecule has 0 fully saturated rings. The minimum Gasteiger partial charge on any atom is -0.486 e. The molecule has 0 radical (unpaired) electrons. The molecule has 3 aromatic rings. The lowest BCUT2D eigenvalue weighted by atomic mass is 10.1. The first-order chi connectivity index (χ1) is 13.7. The van der Waals surface area contributed by atoms with E-state index < -0.39 is 6.04 Å². The number of anilines is 2. The monoisotopic (exact) mass is 374 g/mol. The number of fused-ring (bicyclic) bond motifs is 1. The number of hydrogen-bond donors (Lipinski definition) is 2. The van der Waals surface area contributed by atoms with Crippen molar-refractivity contribution in [3.8, 4) is 22.6 Å². The van der Waals surface area contributed by atoms with Crippen LogP contribution in [0.1, 0.15) is 6.92 Å². The lowest BCUT2D eigenvalue weighted by Gasteiger charge is -2.20. The third-order valence-corrected chi connectivity index (χ3v) is 4.58. The summed E-state index contributed by atoms with van der Waals surface area (Å²) in [5.74, 6) is 1.24. The summed E-state index contributed by atoms with van der Waals surface area (Å²) in [6, 6.07) is 23.3. The molecular formula is C23H22N2O3. The van der Waals surface area contributed by atoms with Crippen molar-refractivity contribution in [3.05, 3.63) is 72.8 Å². The summed E-state index contributed by atoms with van der Waals surface area (Å²) in [6.45, 7) is 2.89. The Hall–Kier alpha value is -3.47. The lowest BCUT2D eigenvalue weighted by molar-refractivity contribution is -0.116. The highest BCUT2D eigenvalue weighted by Gasteiger charge is 2.16. The largest absolute Gasteiger partial charge is 0.486 e. The van der Waals surface area contributed by atoms with Gasteiger partial charge in [-0.25, -0.2) is 0 Å². The summed E-state index contributed by atoms with van der Waals surface area (Å²) in [7, 11) is 0. The molecule has 0 saturated carbocycles. The zero-order valence-corrected chi connectivity index (χ0v) is 15.6. The fourth-order valence-corrected chi connectivity index (χ4v) is 3.08. The summed E-state index contributed by atoms with van der Waals surface area (Å²) in [4.78, 5) is 12.5. The van der Waals surface area contributed by atoms with Crippen LogP contribution in [0.5, 0.6) is 11.5 Å². The molecule has 1 atom stereocenters. The van der Waals surface area contributed by atoms with Crippen LogP contribution in [0.4, 0.5) is 11.4 Å². The van der Waals surface area contributed by atoms with Crippen LogP contribution in [0.2, 0.25) is 0 Å². The lowest BCUT2D eigenvalue weighted by Crippen LogP contribution is -2.31. The van der Waals surface area contributed by atoms with E-state index in [0.717, 1.165) is 11.3 Å². The van der Waals surface area contributed by atoms with Crippen LogP contribution < -0.4 is 20.1 Å². The van der Waals surface area contributed by atoms with E-state index >= 15 is 0 Å². The summed E-state index contributed by atoms with van der Waals surface area (Å²) < 4.78 is 11.1. The minimum atomic E-state index is -0.393. The number of hydrogen-bond acceptors (Lipinski definition) is 4. The maximum Gasteiger partial charge on any atom is 0.246 e. The number of ether oxygens (including phenoxy) is 2. The van der Waals surface area contributed by atoms with Crippen molar-refractivity contribution in [2.75, 3.05) is 23.8 Å². The molecule has 1 heterocycles. The first-order valence-corrected chi connectivity index (χ1v) is 9.31. The van der Waals surface area contributed by atoms with Crippen molar-refractivity contribution in [2.45, 2.75) is 13.0 Å². The van der Waals surface area contributed by atoms with Gasteiger partial charge in [-0.15, -0.1) is 0 Å². The summed E-state index contributed by atoms with van der Waals surface area (Å²) in [6.07, 6.45) is 0. The first-order valence-electron chi connectivity index (χ1n) is 9.31. The van der Waals surface area contributed by atoms with E-state index in [0.29, 0.717) is 30.4 Å². The van der Waals surface area contributed by atoms with Gasteiger partial charge in [0.2, 0.25) is 5.91 Å². The zero-order chi connectivity index (χ0) is 19.3. The molecule has 5 heteroatoms. The van der Waals surface area contributed by atoms with E-state index in [4.69, 9.17) is 9.47 Å². The van der Waals surface area contributed by atoms with Crippen molar-refractivity contribution in [3.63, 3.8) is 0 Å². The van der Waals surface area contributed by atoms with E-state index in [1.54, 1.807) is 6.07 Å². The molecule has 1 aliphatic rings. The molecule has 0 aromatic heterocycles. The topological polar surface area (TPSA) is 59.6 Å². The second kappa shape index (κ2) is 8.05. The van der Waals surface area contributed by atoms with Crippen molar-refractivity contribution < 1.29 is 14.3 Å². The van der Waals surface area contributed by atoms with Crippen LogP contribution in [0.3, 0.4) is 0 Å². The van der Waals surface area contributed by atoms with Crippen LogP contribution in [0.25, 0.3) is 11.1 Å². The number of carbonyl (C=O) groups is 1. The van der Waals surface area contributed by atoms with Crippen LogP contribution in [0.15, 0.2) is 72.8 Å². The predicted octanol–water partition coefficient (Wildman–Crippen LogP) is 4.56. The van der Waals surface area contributed by atoms with E-state index in [1.807, 2.05) is 61.5 Å². The summed E-state index contributed by atoms with van der Waals surface area (Å²) in [5.41, 5.74) is 3.88. The van der Waals surface area contributed by atoms with Crippen LogP contribution in [0, 0.1) is 0 Å². The molecule has 5 nitrogen and oxygen atoms in total. The average Bonchev–Trinajstić information content (AvgIpc) is 2.75. The molecule has 0 saturated heterocycles. The molecule has 1 aliphatic heterocycles. The smallest absolute Gasteiger partial charge is 0.246 e. The van der Waals surface area contributed by atoms with Gasteiger partial charge in [0, 0.05) is 17.4 Å². The van der Waals surface area contributed by atoms with Gasteiger partial charge in [0.05, 0.1) is 0 Å². The quantitative estimate of drug-likeness (QED) is 0.687. The van der Waals surface area contributed by atoms with Gasteiger partial charge in [-0.2, -0.15) is 0 Å². The zero-order valence-electron chi connectivity index (χ0n) is 15.6. The number of rotatable bonds is 5. The number of amides is 1. The molecule has 0 aliphatic carbocycles. The second-order valence-corrected chi connectivity index (χ2v) is 6.66. The molecule has 4 rings (SSSR count). The summed E-state index contributed by atoms with van der Waals surface area (Å²) >= 11 is 0. The van der Waals surface area contributed by atoms with E-state index in [-0.39, 0.29) is 5.91 Å². The van der Waals surface area contributed by atoms with Crippen LogP contribution in [-0.2, 0) is 4.79 Å². The maximum absolute atomic E-state index is 12.5. The summed E-state index contributed by atoms with van der Waals surface area (Å²) in [5, 5.41) is 6.15. The molecule has 0 unspecified atom stereocenters. The van der Waals surface area contributed by atoms with E-state index in [2.05, 4.69) is 22.8 Å². The van der Waals surface area contributed by atoms with E-state index in [9.17, 15) is 4.79 Å². The highest BCUT2D eigenvalue weighted by Crippen LogP contribution is 2.32. The van der Waals surface area contributed by atoms with Crippen LogP contribution >= 0.6 is 0 Å². The minimum absolute atomic E-state index is 0.121. The Morgan fingerprint density at radius 2 is 1.46 bits per heavy atom. The van der Waals surface area contributed by atoms with Crippen molar-refractivity contribution in [1.29, 1.82) is 0 Å². The third kappa shape index (κ3) is 4.09. The Bertz CT molecular complexity index is 955. The van der Waals surface area contributed by atoms with Crippen molar-refractivity contribution >= 4 is 17.3 Å². The number of carbonyl (C=O) groups excluding carboxylic acids is 1. The van der Waals surface area contributed by atoms with Gasteiger partial charge in [-0.3, -0.25) is 4.79 Å². The standard InChI is InChI=1S/C23H22N2O3/c1-16(23(26)25-20-11-12-21-22(15-20)28-14-13-27-21)24-19-9-7-18(8-10-19)17-5-3-2-4-6-17/h2-12,15-16,24H,13-14H2,1H3,(H,25,26)/t16-/m1/s1. The fraction of sp³-hybridized carbons (Fsp3) is 0.174. The van der Waals surface area contributed by atoms with Gasteiger partial charge < -0.3 is 20.1 Å². The van der Waals surface area contributed by atoms with Gasteiger partial charge in [-0.05, 0) is 42.3 Å². The molecule has 0 bridgehead atoms. The second-order valence-electron chi connectivity index (χ2n) is 6.66. The SMILES string of the molecule is C[C@@H](Nc1ccc(-c2ccccc2)cc1)C(=O)Nc1ccc2c(c1)OCCO2. The molecule has 1 amide bonds. The van der Waals surface area contributed by atoms with Crippen LogP contribution in [-0.4, -0.2) is 25.2 Å². The highest BCUT2D eigenvalue weighted by molar-refractivity contribution is 5.96. The molecule has 0 spiro atoms. The Morgan fingerprint density at radius 1 is 0.821 bits per heavy atom. The molecule has 2 N–H and O–H groups in total. The van der Waals surface area contributed by atoms with E-state index in [1.165, 1.54) is 5.56 Å². The fourth-order valence-electron chi connectivity index (χ4n) is 3.08. The van der Waals surface area contributed by atoms with Gasteiger partial charge in [-0.1, -0.05) is 42.5 Å². The molecule has 3 aromatic carbocycles. The normalized spacial score (nSPS) is 13.5. The maximum atomic E-state index is 12.5. The Morgan fingerprint density at radius 3 is 2.21 bits per heavy atom. The highest BCUT2D eigenvalue weighted by atomic mass is 16.6. The first kappa shape index (κ1) is 17.9. The third-order valence-electron chi connectivity index (χ3n) is 4.58. The Balaban J connectivity index is 1.38. The van der Waals surface area contributed by atoms with Gasteiger partial charge >= 0.3 is 0 Å². The van der Waals surface area contributed by atoms with Gasteiger partial charge in [0.1, 0.15) is 19.3 Å². The molecule has 28 heavy (non-hydrogen) atoms. The van der Waals surface area contributed by atoms with Crippen molar-refractivity contribution in [2.24, 2.45) is 0 Å². The van der Waals surface area contributed by atoms with Gasteiger partial charge in [0.15, 0.2) is 11.5 Å². The number of benzene rings is 3. The molecule has 142 valence electrons. The number of nitrogens with one attached hydrogen (secondary N) is 2. The van der Waals surface area contributed by atoms with Gasteiger partial charge in [0.25, 0.3) is 0 Å². The Kier molecular flexibility index (Phi) is 5.15. The molecular weight excluding hydrogens is 352 g/mol. The predicted molar refractivity (Wildman–Crippen MR) is 111 cm³/mol. The Labute approximate surface area is 164 Å².